The summed E-state index contributed by atoms with van der Waals surface area (Å²) in [6, 6.07) is 0. The lowest BCUT2D eigenvalue weighted by atomic mass is 9.85. The van der Waals surface area contributed by atoms with Crippen LogP contribution in [0.2, 0.25) is 0 Å². The Bertz CT molecular complexity index is 926. The highest BCUT2D eigenvalue weighted by Gasteiger charge is 2.51. The average Bonchev–Trinajstić information content (AvgIpc) is 3.17. The number of phosphoric ester groups is 1. The van der Waals surface area contributed by atoms with Gasteiger partial charge < -0.3 is 39.9 Å². The fraction of sp³-hybridized carbons (Fsp3) is 0.976. The zero-order valence-electron chi connectivity index (χ0n) is 34.7. The van der Waals surface area contributed by atoms with E-state index in [9.17, 15) is 39.8 Å². The van der Waals surface area contributed by atoms with Gasteiger partial charge in [0, 0.05) is 13.0 Å². The molecule has 0 aromatic rings. The molecule has 1 saturated carbocycles. The van der Waals surface area contributed by atoms with E-state index < -0.39 is 63.1 Å². The first kappa shape index (κ1) is 52.4. The Labute approximate surface area is 334 Å². The first-order chi connectivity index (χ1) is 26.5. The summed E-state index contributed by atoms with van der Waals surface area (Å²) in [7, 11) is -5.00. The van der Waals surface area contributed by atoms with Crippen LogP contribution in [0.25, 0.3) is 0 Å². The van der Waals surface area contributed by atoms with Gasteiger partial charge in [0.25, 0.3) is 0 Å². The van der Waals surface area contributed by atoms with Gasteiger partial charge in [-0.2, -0.15) is 0 Å². The summed E-state index contributed by atoms with van der Waals surface area (Å²) >= 11 is 0. The summed E-state index contributed by atoms with van der Waals surface area (Å²) in [5.74, 6) is -0.475. The predicted molar refractivity (Wildman–Crippen MR) is 217 cm³/mol. The van der Waals surface area contributed by atoms with Crippen molar-refractivity contribution in [3.63, 3.8) is 0 Å². The number of rotatable bonds is 38. The van der Waals surface area contributed by atoms with Gasteiger partial charge in [0.05, 0.1) is 13.2 Å². The fourth-order valence-corrected chi connectivity index (χ4v) is 8.09. The molecule has 0 radical (unpaired) electrons. The van der Waals surface area contributed by atoms with Gasteiger partial charge in [0.15, 0.2) is 0 Å². The van der Waals surface area contributed by atoms with Crippen molar-refractivity contribution in [2.75, 3.05) is 19.8 Å². The van der Waals surface area contributed by atoms with E-state index in [1.165, 1.54) is 135 Å². The third kappa shape index (κ3) is 26.9. The monoisotopic (exact) mass is 811 g/mol. The van der Waals surface area contributed by atoms with Gasteiger partial charge in [0.2, 0.25) is 0 Å². The Morgan fingerprint density at radius 1 is 0.509 bits per heavy atom. The minimum Gasteiger partial charge on any atom is -0.457 e. The van der Waals surface area contributed by atoms with Gasteiger partial charge in [0.1, 0.15) is 42.7 Å². The Hall–Kier alpha value is -0.660. The number of phosphoric acid groups is 1. The fourth-order valence-electron chi connectivity index (χ4n) is 7.12. The van der Waals surface area contributed by atoms with Crippen LogP contribution in [0.3, 0.4) is 0 Å². The third-order valence-electron chi connectivity index (χ3n) is 10.7. The molecule has 0 spiro atoms. The number of hydrogen-bond donors (Lipinski definition) is 6. The standard InChI is InChI=1S/C42H83O12P/c1-3-5-7-9-11-13-15-16-17-18-19-20-21-22-24-26-28-30-32-51-33-35(53-36(43)31-29-27-25-23-14-12-10-8-6-4-2)34-52-55(49,50)54-42-40(47)38(45)37(44)39(46)41(42)48/h35,37-42,44-48H,3-34H2,1-2H3,(H,49,50). The molecular weight excluding hydrogens is 727 g/mol. The zero-order chi connectivity index (χ0) is 40.6. The molecule has 6 unspecified atom stereocenters. The summed E-state index contributed by atoms with van der Waals surface area (Å²) in [6.45, 7) is 4.26. The Balaban J connectivity index is 2.35. The predicted octanol–water partition coefficient (Wildman–Crippen LogP) is 8.59. The van der Waals surface area contributed by atoms with Crippen molar-refractivity contribution in [2.45, 2.75) is 243 Å². The third-order valence-corrected chi connectivity index (χ3v) is 11.7. The molecule has 6 atom stereocenters. The van der Waals surface area contributed by atoms with E-state index in [1.807, 2.05) is 0 Å². The van der Waals surface area contributed by atoms with E-state index in [0.29, 0.717) is 13.0 Å². The van der Waals surface area contributed by atoms with Crippen LogP contribution < -0.4 is 0 Å². The van der Waals surface area contributed by atoms with Gasteiger partial charge in [-0.15, -0.1) is 0 Å². The van der Waals surface area contributed by atoms with Gasteiger partial charge in [-0.1, -0.05) is 181 Å². The van der Waals surface area contributed by atoms with Crippen LogP contribution in [0.5, 0.6) is 0 Å². The SMILES string of the molecule is CCCCCCCCCCCCCCCCCCCCOCC(COP(=O)(O)OC1C(O)C(O)C(O)C(O)C1O)OC(=O)CCCCCCCCCCCC. The second kappa shape index (κ2) is 34.2. The van der Waals surface area contributed by atoms with E-state index in [4.69, 9.17) is 18.5 Å². The number of carbonyl (C=O) groups is 1. The molecule has 0 aliphatic heterocycles. The summed E-state index contributed by atoms with van der Waals surface area (Å²) < 4.78 is 34.1. The number of esters is 1. The van der Waals surface area contributed by atoms with E-state index in [-0.39, 0.29) is 13.0 Å². The lowest BCUT2D eigenvalue weighted by Crippen LogP contribution is -2.64. The van der Waals surface area contributed by atoms with Crippen LogP contribution in [-0.4, -0.2) is 98.9 Å². The maximum Gasteiger partial charge on any atom is 0.472 e. The summed E-state index contributed by atoms with van der Waals surface area (Å²) in [5, 5.41) is 50.1. The molecule has 55 heavy (non-hydrogen) atoms. The molecule has 1 fully saturated rings. The highest BCUT2D eigenvalue weighted by Crippen LogP contribution is 2.47. The van der Waals surface area contributed by atoms with Crippen molar-refractivity contribution in [3.05, 3.63) is 0 Å². The Morgan fingerprint density at radius 2 is 0.855 bits per heavy atom. The van der Waals surface area contributed by atoms with Crippen LogP contribution in [0, 0.1) is 0 Å². The summed E-state index contributed by atoms with van der Waals surface area (Å²) in [6.07, 6.45) is 21.8. The maximum atomic E-state index is 12.8. The normalized spacial score (nSPS) is 23.1. The van der Waals surface area contributed by atoms with Crippen LogP contribution in [0.4, 0.5) is 0 Å². The van der Waals surface area contributed by atoms with E-state index in [1.54, 1.807) is 0 Å². The number of hydrogen-bond acceptors (Lipinski definition) is 11. The molecular formula is C42H83O12P. The van der Waals surface area contributed by atoms with Crippen LogP contribution in [0.1, 0.15) is 200 Å². The minimum absolute atomic E-state index is 0.0684. The second-order valence-corrected chi connectivity index (χ2v) is 17.3. The molecule has 0 aromatic heterocycles. The molecule has 12 nitrogen and oxygen atoms in total. The number of carbonyl (C=O) groups excluding carboxylic acids is 1. The van der Waals surface area contributed by atoms with Crippen molar-refractivity contribution in [1.29, 1.82) is 0 Å². The summed E-state index contributed by atoms with van der Waals surface area (Å²) in [5.41, 5.74) is 0. The van der Waals surface area contributed by atoms with Crippen molar-refractivity contribution in [3.8, 4) is 0 Å². The van der Waals surface area contributed by atoms with Gasteiger partial charge in [-0.05, 0) is 12.8 Å². The van der Waals surface area contributed by atoms with E-state index in [2.05, 4.69) is 13.8 Å². The van der Waals surface area contributed by atoms with Gasteiger partial charge >= 0.3 is 13.8 Å². The lowest BCUT2D eigenvalue weighted by molar-refractivity contribution is -0.220. The maximum absolute atomic E-state index is 12.8. The van der Waals surface area contributed by atoms with Crippen LogP contribution in [-0.2, 0) is 27.9 Å². The van der Waals surface area contributed by atoms with E-state index >= 15 is 0 Å². The number of aliphatic hydroxyl groups is 5. The van der Waals surface area contributed by atoms with Gasteiger partial charge in [-0.3, -0.25) is 13.8 Å². The second-order valence-electron chi connectivity index (χ2n) is 15.9. The quantitative estimate of drug-likeness (QED) is 0.0198. The number of aliphatic hydroxyl groups excluding tert-OH is 5. The van der Waals surface area contributed by atoms with Crippen molar-refractivity contribution in [2.24, 2.45) is 0 Å². The molecule has 0 aromatic carbocycles. The zero-order valence-corrected chi connectivity index (χ0v) is 35.6. The largest absolute Gasteiger partial charge is 0.472 e. The van der Waals surface area contributed by atoms with Crippen molar-refractivity contribution >= 4 is 13.8 Å². The number of ether oxygens (including phenoxy) is 2. The topological polar surface area (TPSA) is 192 Å². The molecule has 0 amide bonds. The molecule has 0 heterocycles. The molecule has 328 valence electrons. The molecule has 6 N–H and O–H groups in total. The van der Waals surface area contributed by atoms with Crippen molar-refractivity contribution in [1.82, 2.24) is 0 Å². The molecule has 13 heteroatoms. The molecule has 0 saturated heterocycles. The van der Waals surface area contributed by atoms with Crippen molar-refractivity contribution < 1.29 is 58.3 Å². The Morgan fingerprint density at radius 3 is 1.25 bits per heavy atom. The first-order valence-electron chi connectivity index (χ1n) is 22.4. The Kier molecular flexibility index (Phi) is 32.6. The first-order valence-corrected chi connectivity index (χ1v) is 23.9. The average molecular weight is 811 g/mol. The minimum atomic E-state index is -5.00. The molecule has 0 bridgehead atoms. The molecule has 1 aliphatic rings. The van der Waals surface area contributed by atoms with E-state index in [0.717, 1.165) is 38.5 Å². The molecule has 1 aliphatic carbocycles. The summed E-state index contributed by atoms with van der Waals surface area (Å²) in [4.78, 5) is 23.0. The highest BCUT2D eigenvalue weighted by atomic mass is 31.2. The van der Waals surface area contributed by atoms with Gasteiger partial charge in [-0.25, -0.2) is 4.57 Å². The highest BCUT2D eigenvalue weighted by molar-refractivity contribution is 7.47. The molecule has 1 rings (SSSR count). The number of unbranched alkanes of at least 4 members (excludes halogenated alkanes) is 26. The van der Waals surface area contributed by atoms with Crippen LogP contribution in [0.15, 0.2) is 0 Å². The van der Waals surface area contributed by atoms with Crippen LogP contribution >= 0.6 is 7.82 Å². The smallest absolute Gasteiger partial charge is 0.457 e. The lowest BCUT2D eigenvalue weighted by Gasteiger charge is -2.41.